The van der Waals surface area contributed by atoms with E-state index < -0.39 is 0 Å². The van der Waals surface area contributed by atoms with E-state index in [1.807, 2.05) is 69.9 Å². The van der Waals surface area contributed by atoms with Gasteiger partial charge in [0.15, 0.2) is 5.82 Å². The Morgan fingerprint density at radius 2 is 1.42 bits per heavy atom. The molecule has 0 N–H and O–H groups in total. The van der Waals surface area contributed by atoms with E-state index in [0.717, 1.165) is 17.2 Å². The first-order valence-electron chi connectivity index (χ1n) is 10.0. The molecule has 31 heavy (non-hydrogen) atoms. The van der Waals surface area contributed by atoms with E-state index in [0.29, 0.717) is 4.77 Å². The summed E-state index contributed by atoms with van der Waals surface area (Å²) in [7, 11) is 0. The highest BCUT2D eigenvalue weighted by atomic mass is 32.2. The van der Waals surface area contributed by atoms with Gasteiger partial charge in [-0.1, -0.05) is 77.5 Å². The summed E-state index contributed by atoms with van der Waals surface area (Å²) in [6, 6.07) is 26.8. The lowest BCUT2D eigenvalue weighted by atomic mass is 10.2. The van der Waals surface area contributed by atoms with Crippen LogP contribution < -0.4 is 0 Å². The lowest BCUT2D eigenvalue weighted by molar-refractivity contribution is 0.857. The number of nitrogens with zero attached hydrogens (tertiary/aromatic N) is 3. The monoisotopic (exact) mass is 441 g/mol. The minimum atomic E-state index is 0.632. The molecule has 154 valence electrons. The Morgan fingerprint density at radius 3 is 2.10 bits per heavy atom. The number of thioether (sulfide) groups is 1. The summed E-state index contributed by atoms with van der Waals surface area (Å²) in [4.78, 5) is 1.21. The maximum Gasteiger partial charge on any atom is 0.207 e. The van der Waals surface area contributed by atoms with Crippen LogP contribution in [0, 0.1) is 18.6 Å². The molecule has 1 heterocycles. The SMILES string of the molecule is Cc1ccc(S/C=C/C=C\c2nn(-c3ccc(C)cc3)c(=S)n2-c2ccccc2)cc1. The van der Waals surface area contributed by atoms with E-state index in [2.05, 4.69) is 55.7 Å². The van der Waals surface area contributed by atoms with Crippen molar-refractivity contribution in [1.29, 1.82) is 0 Å². The van der Waals surface area contributed by atoms with Gasteiger partial charge in [-0.3, -0.25) is 4.57 Å². The topological polar surface area (TPSA) is 22.8 Å². The summed E-state index contributed by atoms with van der Waals surface area (Å²) in [5.41, 5.74) is 4.41. The van der Waals surface area contributed by atoms with E-state index in [9.17, 15) is 0 Å². The molecule has 0 aliphatic rings. The third kappa shape index (κ3) is 5.13. The van der Waals surface area contributed by atoms with Crippen molar-refractivity contribution in [2.75, 3.05) is 0 Å². The zero-order chi connectivity index (χ0) is 21.6. The van der Waals surface area contributed by atoms with E-state index in [1.54, 1.807) is 11.8 Å². The molecule has 0 spiro atoms. The molecule has 3 nitrogen and oxygen atoms in total. The Hall–Kier alpha value is -3.15. The molecule has 0 saturated carbocycles. The summed E-state index contributed by atoms with van der Waals surface area (Å²) >= 11 is 7.48. The van der Waals surface area contributed by atoms with Gasteiger partial charge in [0.2, 0.25) is 4.77 Å². The second-order valence-electron chi connectivity index (χ2n) is 7.18. The molecule has 0 saturated heterocycles. The van der Waals surface area contributed by atoms with Gasteiger partial charge in [0, 0.05) is 10.6 Å². The molecule has 5 heteroatoms. The van der Waals surface area contributed by atoms with Crippen molar-refractivity contribution >= 4 is 30.1 Å². The van der Waals surface area contributed by atoms with Gasteiger partial charge < -0.3 is 0 Å². The Labute approximate surface area is 192 Å². The maximum atomic E-state index is 5.79. The fourth-order valence-electron chi connectivity index (χ4n) is 3.09. The highest BCUT2D eigenvalue weighted by Crippen LogP contribution is 2.20. The molecule has 4 rings (SSSR count). The van der Waals surface area contributed by atoms with Crippen LogP contribution in [0.3, 0.4) is 0 Å². The van der Waals surface area contributed by atoms with E-state index >= 15 is 0 Å². The predicted molar refractivity (Wildman–Crippen MR) is 134 cm³/mol. The summed E-state index contributed by atoms with van der Waals surface area (Å²) in [5, 5.41) is 6.87. The highest BCUT2D eigenvalue weighted by molar-refractivity contribution is 8.02. The molecule has 3 aromatic carbocycles. The van der Waals surface area contributed by atoms with Crippen LogP contribution in [0.5, 0.6) is 0 Å². The molecular weight excluding hydrogens is 418 g/mol. The van der Waals surface area contributed by atoms with Gasteiger partial charge in [-0.05, 0) is 73.9 Å². The van der Waals surface area contributed by atoms with Crippen molar-refractivity contribution in [3.63, 3.8) is 0 Å². The molecule has 0 atom stereocenters. The van der Waals surface area contributed by atoms with Crippen molar-refractivity contribution < 1.29 is 0 Å². The van der Waals surface area contributed by atoms with Crippen molar-refractivity contribution in [1.82, 2.24) is 14.3 Å². The highest BCUT2D eigenvalue weighted by Gasteiger charge is 2.11. The lowest BCUT2D eigenvalue weighted by Gasteiger charge is -2.04. The number of allylic oxidation sites excluding steroid dienone is 2. The predicted octanol–water partition coefficient (Wildman–Crippen LogP) is 7.33. The van der Waals surface area contributed by atoms with Crippen LogP contribution in [0.15, 0.2) is 101 Å². The largest absolute Gasteiger partial charge is 0.268 e. The number of hydrogen-bond donors (Lipinski definition) is 0. The fourth-order valence-corrected chi connectivity index (χ4v) is 4.05. The third-order valence-corrected chi connectivity index (χ3v) is 5.95. The molecule has 0 amide bonds. The number of aryl methyl sites for hydroxylation is 2. The summed E-state index contributed by atoms with van der Waals surface area (Å²) in [6.45, 7) is 4.17. The molecule has 0 aliphatic carbocycles. The second-order valence-corrected chi connectivity index (χ2v) is 8.52. The van der Waals surface area contributed by atoms with Gasteiger partial charge in [-0.2, -0.15) is 0 Å². The zero-order valence-electron chi connectivity index (χ0n) is 17.5. The summed E-state index contributed by atoms with van der Waals surface area (Å²) in [6.07, 6.45) is 6.00. The van der Waals surface area contributed by atoms with Crippen LogP contribution in [-0.4, -0.2) is 14.3 Å². The minimum Gasteiger partial charge on any atom is -0.268 e. The van der Waals surface area contributed by atoms with Crippen LogP contribution in [-0.2, 0) is 0 Å². The molecule has 0 bridgehead atoms. The smallest absolute Gasteiger partial charge is 0.207 e. The molecule has 0 radical (unpaired) electrons. The number of benzene rings is 3. The van der Waals surface area contributed by atoms with Gasteiger partial charge in [0.1, 0.15) is 0 Å². The number of hydrogen-bond acceptors (Lipinski definition) is 3. The molecular formula is C26H23N3S2. The van der Waals surface area contributed by atoms with E-state index in [4.69, 9.17) is 17.3 Å². The first-order valence-corrected chi connectivity index (χ1v) is 11.3. The first-order chi connectivity index (χ1) is 15.1. The first kappa shape index (κ1) is 21.1. The quantitative estimate of drug-likeness (QED) is 0.178. The Bertz CT molecular complexity index is 1260. The third-order valence-electron chi connectivity index (χ3n) is 4.76. The second kappa shape index (κ2) is 9.77. The van der Waals surface area contributed by atoms with Crippen LogP contribution in [0.25, 0.3) is 17.5 Å². The van der Waals surface area contributed by atoms with E-state index in [1.165, 1.54) is 16.0 Å². The maximum absolute atomic E-state index is 5.79. The lowest BCUT2D eigenvalue weighted by Crippen LogP contribution is -1.99. The van der Waals surface area contributed by atoms with Crippen LogP contribution in [0.4, 0.5) is 0 Å². The minimum absolute atomic E-state index is 0.632. The van der Waals surface area contributed by atoms with Gasteiger partial charge in [-0.25, -0.2) is 4.68 Å². The Kier molecular flexibility index (Phi) is 6.65. The number of aromatic nitrogens is 3. The normalized spacial score (nSPS) is 11.5. The van der Waals surface area contributed by atoms with Gasteiger partial charge in [-0.15, -0.1) is 5.10 Å². The van der Waals surface area contributed by atoms with Crippen molar-refractivity contribution in [3.05, 3.63) is 118 Å². The van der Waals surface area contributed by atoms with Crippen molar-refractivity contribution in [2.45, 2.75) is 18.7 Å². The zero-order valence-corrected chi connectivity index (χ0v) is 19.1. The van der Waals surface area contributed by atoms with Crippen LogP contribution in [0.2, 0.25) is 0 Å². The molecule has 0 aliphatic heterocycles. The molecule has 0 unspecified atom stereocenters. The average Bonchev–Trinajstić information content (AvgIpc) is 3.12. The van der Waals surface area contributed by atoms with Crippen molar-refractivity contribution in [2.24, 2.45) is 0 Å². The van der Waals surface area contributed by atoms with Crippen LogP contribution >= 0.6 is 24.0 Å². The number of rotatable bonds is 6. The summed E-state index contributed by atoms with van der Waals surface area (Å²) < 4.78 is 4.44. The van der Waals surface area contributed by atoms with E-state index in [-0.39, 0.29) is 0 Å². The average molecular weight is 442 g/mol. The van der Waals surface area contributed by atoms with Crippen molar-refractivity contribution in [3.8, 4) is 11.4 Å². The molecule has 1 aromatic heterocycles. The van der Waals surface area contributed by atoms with Gasteiger partial charge >= 0.3 is 0 Å². The Balaban J connectivity index is 1.64. The van der Waals surface area contributed by atoms with Gasteiger partial charge in [0.25, 0.3) is 0 Å². The summed E-state index contributed by atoms with van der Waals surface area (Å²) in [5.74, 6) is 0.779. The molecule has 0 fully saturated rings. The number of para-hydroxylation sites is 1. The van der Waals surface area contributed by atoms with Gasteiger partial charge in [0.05, 0.1) is 5.69 Å². The fraction of sp³-hybridized carbons (Fsp3) is 0.0769. The standard InChI is InChI=1S/C26H23N3S2/c1-20-11-15-23(16-12-20)29-26(30)28(22-8-4-3-5-9-22)25(27-29)10-6-7-19-31-24-17-13-21(2)14-18-24/h3-19H,1-2H3/b10-6-,19-7+. The molecule has 4 aromatic rings. The Morgan fingerprint density at radius 1 is 0.774 bits per heavy atom. The van der Waals surface area contributed by atoms with Crippen LogP contribution in [0.1, 0.15) is 17.0 Å².